The zero-order valence-corrected chi connectivity index (χ0v) is 20.1. The Bertz CT molecular complexity index is 470. The summed E-state index contributed by atoms with van der Waals surface area (Å²) in [6.45, 7) is 5.88. The van der Waals surface area contributed by atoms with E-state index in [4.69, 9.17) is 9.84 Å². The highest BCUT2D eigenvalue weighted by Crippen LogP contribution is 2.15. The minimum Gasteiger partial charge on any atom is -0.481 e. The fraction of sp³-hybridized carbons (Fsp3) is 0.778. The molecule has 4 nitrogen and oxygen atoms in total. The van der Waals surface area contributed by atoms with E-state index in [0.717, 1.165) is 12.8 Å². The Labute approximate surface area is 191 Å². The number of carbonyl (C=O) groups excluding carboxylic acids is 1. The van der Waals surface area contributed by atoms with Gasteiger partial charge in [0.1, 0.15) is 6.61 Å². The summed E-state index contributed by atoms with van der Waals surface area (Å²) in [6, 6.07) is 0. The fourth-order valence-corrected chi connectivity index (χ4v) is 3.74. The summed E-state index contributed by atoms with van der Waals surface area (Å²) in [5.74, 6) is -2.20. The highest BCUT2D eigenvalue weighted by atomic mass is 16.5. The van der Waals surface area contributed by atoms with Gasteiger partial charge in [-0.3, -0.25) is 9.59 Å². The number of hydrogen-bond donors (Lipinski definition) is 1. The number of aliphatic carboxylic acids is 1. The van der Waals surface area contributed by atoms with E-state index in [0.29, 0.717) is 0 Å². The molecule has 0 bridgehead atoms. The average Bonchev–Trinajstić information content (AvgIpc) is 2.75. The van der Waals surface area contributed by atoms with Crippen LogP contribution in [0.2, 0.25) is 0 Å². The monoisotopic (exact) mass is 436 g/mol. The van der Waals surface area contributed by atoms with Gasteiger partial charge in [0.15, 0.2) is 0 Å². The molecule has 4 heteroatoms. The number of carbonyl (C=O) groups is 2. The minimum absolute atomic E-state index is 0.113. The quantitative estimate of drug-likeness (QED) is 0.100. The lowest BCUT2D eigenvalue weighted by molar-refractivity contribution is -0.150. The SMILES string of the molecule is C=CCOC(=O)C(/C=C/CCCCCCCCCCCCCCCCCC)CC(=O)O. The lowest BCUT2D eigenvalue weighted by Gasteiger charge is -2.09. The molecule has 1 N–H and O–H groups in total. The molecule has 0 aromatic carbocycles. The maximum absolute atomic E-state index is 11.9. The molecule has 0 aromatic heterocycles. The van der Waals surface area contributed by atoms with E-state index in [2.05, 4.69) is 13.5 Å². The summed E-state index contributed by atoms with van der Waals surface area (Å²) in [5.41, 5.74) is 0. The molecular formula is C27H48O4. The van der Waals surface area contributed by atoms with Gasteiger partial charge in [0.05, 0.1) is 12.3 Å². The van der Waals surface area contributed by atoms with Gasteiger partial charge >= 0.3 is 11.9 Å². The van der Waals surface area contributed by atoms with Crippen LogP contribution in [0.4, 0.5) is 0 Å². The van der Waals surface area contributed by atoms with Crippen LogP contribution in [0.25, 0.3) is 0 Å². The molecule has 1 unspecified atom stereocenters. The summed E-state index contributed by atoms with van der Waals surface area (Å²) in [5, 5.41) is 8.95. The van der Waals surface area contributed by atoms with Crippen molar-refractivity contribution >= 4 is 11.9 Å². The van der Waals surface area contributed by atoms with E-state index < -0.39 is 17.9 Å². The number of ether oxygens (including phenoxy) is 1. The Hall–Kier alpha value is -1.58. The second kappa shape index (κ2) is 23.1. The summed E-state index contributed by atoms with van der Waals surface area (Å²) in [7, 11) is 0. The first-order valence-electron chi connectivity index (χ1n) is 12.8. The van der Waals surface area contributed by atoms with Crippen LogP contribution in [0.1, 0.15) is 122 Å². The van der Waals surface area contributed by atoms with Gasteiger partial charge in [-0.2, -0.15) is 0 Å². The number of carboxylic acids is 1. The summed E-state index contributed by atoms with van der Waals surface area (Å²) in [6.07, 6.45) is 27.3. The number of unbranched alkanes of at least 4 members (excludes halogenated alkanes) is 16. The average molecular weight is 437 g/mol. The van der Waals surface area contributed by atoms with Crippen molar-refractivity contribution in [3.8, 4) is 0 Å². The molecule has 0 radical (unpaired) electrons. The van der Waals surface area contributed by atoms with Gasteiger partial charge in [0.25, 0.3) is 0 Å². The molecular weight excluding hydrogens is 388 g/mol. The highest BCUT2D eigenvalue weighted by molar-refractivity contribution is 5.80. The Kier molecular flexibility index (Phi) is 21.9. The Morgan fingerprint density at radius 3 is 1.68 bits per heavy atom. The van der Waals surface area contributed by atoms with Gasteiger partial charge in [-0.05, 0) is 12.8 Å². The van der Waals surface area contributed by atoms with Gasteiger partial charge in [0, 0.05) is 0 Å². The summed E-state index contributed by atoms with van der Waals surface area (Å²) in [4.78, 5) is 22.8. The van der Waals surface area contributed by atoms with Gasteiger partial charge in [-0.25, -0.2) is 0 Å². The van der Waals surface area contributed by atoms with Crippen molar-refractivity contribution in [1.29, 1.82) is 0 Å². The summed E-state index contributed by atoms with van der Waals surface area (Å²) >= 11 is 0. The molecule has 180 valence electrons. The van der Waals surface area contributed by atoms with Crippen molar-refractivity contribution in [2.24, 2.45) is 5.92 Å². The molecule has 31 heavy (non-hydrogen) atoms. The second-order valence-electron chi connectivity index (χ2n) is 8.64. The first-order chi connectivity index (χ1) is 15.1. The molecule has 0 aliphatic carbocycles. The van der Waals surface area contributed by atoms with E-state index in [-0.39, 0.29) is 13.0 Å². The van der Waals surface area contributed by atoms with Gasteiger partial charge in [-0.15, -0.1) is 0 Å². The zero-order valence-electron chi connectivity index (χ0n) is 20.1. The van der Waals surface area contributed by atoms with Crippen molar-refractivity contribution in [3.05, 3.63) is 24.8 Å². The molecule has 0 rings (SSSR count). The number of esters is 1. The molecule has 0 heterocycles. The smallest absolute Gasteiger partial charge is 0.313 e. The second-order valence-corrected chi connectivity index (χ2v) is 8.64. The third-order valence-corrected chi connectivity index (χ3v) is 5.63. The maximum atomic E-state index is 11.9. The van der Waals surface area contributed by atoms with Crippen LogP contribution in [0.15, 0.2) is 24.8 Å². The lowest BCUT2D eigenvalue weighted by atomic mass is 10.0. The minimum atomic E-state index is -0.993. The van der Waals surface area contributed by atoms with E-state index >= 15 is 0 Å². The third kappa shape index (κ3) is 21.4. The van der Waals surface area contributed by atoms with Gasteiger partial charge in [-0.1, -0.05) is 128 Å². The van der Waals surface area contributed by atoms with Crippen molar-refractivity contribution in [2.75, 3.05) is 6.61 Å². The predicted octanol–water partition coefficient (Wildman–Crippen LogP) is 8.01. The largest absolute Gasteiger partial charge is 0.481 e. The molecule has 0 saturated heterocycles. The molecule has 0 aliphatic rings. The highest BCUT2D eigenvalue weighted by Gasteiger charge is 2.19. The maximum Gasteiger partial charge on any atom is 0.313 e. The van der Waals surface area contributed by atoms with Crippen molar-refractivity contribution in [1.82, 2.24) is 0 Å². The third-order valence-electron chi connectivity index (χ3n) is 5.63. The van der Waals surface area contributed by atoms with E-state index in [1.807, 2.05) is 6.08 Å². The first kappa shape index (κ1) is 29.4. The van der Waals surface area contributed by atoms with E-state index in [1.165, 1.54) is 102 Å². The molecule has 1 atom stereocenters. The lowest BCUT2D eigenvalue weighted by Crippen LogP contribution is -2.19. The van der Waals surface area contributed by atoms with Crippen LogP contribution in [0.3, 0.4) is 0 Å². The van der Waals surface area contributed by atoms with Crippen molar-refractivity contribution in [2.45, 2.75) is 122 Å². The number of rotatable bonds is 23. The number of carboxylic acid groups (broad SMARTS) is 1. The van der Waals surface area contributed by atoms with Crippen molar-refractivity contribution in [3.63, 3.8) is 0 Å². The molecule has 0 aromatic rings. The molecule has 0 spiro atoms. The summed E-state index contributed by atoms with van der Waals surface area (Å²) < 4.78 is 4.97. The van der Waals surface area contributed by atoms with Crippen molar-refractivity contribution < 1.29 is 19.4 Å². The van der Waals surface area contributed by atoms with Gasteiger partial charge < -0.3 is 9.84 Å². The Morgan fingerprint density at radius 2 is 1.26 bits per heavy atom. The standard InChI is InChI=1S/C27H48O4/c1-3-5-6-7-8-9-10-11-12-13-14-15-16-17-18-19-20-21-22-25(24-26(28)29)27(30)31-23-4-2/h4,21-22,25H,2-3,5-20,23-24H2,1H3,(H,28,29)/b22-21+. The molecule has 0 amide bonds. The van der Waals surface area contributed by atoms with E-state index in [9.17, 15) is 9.59 Å². The van der Waals surface area contributed by atoms with Crippen LogP contribution in [0.5, 0.6) is 0 Å². The van der Waals surface area contributed by atoms with Crippen LogP contribution in [-0.2, 0) is 14.3 Å². The molecule has 0 aliphatic heterocycles. The van der Waals surface area contributed by atoms with Gasteiger partial charge in [0.2, 0.25) is 0 Å². The number of hydrogen-bond acceptors (Lipinski definition) is 3. The molecule has 0 fully saturated rings. The van der Waals surface area contributed by atoms with Crippen LogP contribution >= 0.6 is 0 Å². The number of allylic oxidation sites excluding steroid dienone is 1. The van der Waals surface area contributed by atoms with Crippen LogP contribution in [-0.4, -0.2) is 23.7 Å². The Morgan fingerprint density at radius 1 is 0.806 bits per heavy atom. The normalized spacial score (nSPS) is 12.2. The first-order valence-corrected chi connectivity index (χ1v) is 12.8. The van der Waals surface area contributed by atoms with E-state index in [1.54, 1.807) is 6.08 Å². The fourth-order valence-electron chi connectivity index (χ4n) is 3.74. The predicted molar refractivity (Wildman–Crippen MR) is 130 cm³/mol. The van der Waals surface area contributed by atoms with Crippen LogP contribution in [0, 0.1) is 5.92 Å². The van der Waals surface area contributed by atoms with Crippen LogP contribution < -0.4 is 0 Å². The Balaban J connectivity index is 3.53. The topological polar surface area (TPSA) is 63.6 Å². The molecule has 0 saturated carbocycles. The zero-order chi connectivity index (χ0) is 23.0.